The van der Waals surface area contributed by atoms with Crippen LogP contribution in [0.4, 0.5) is 5.69 Å². The molecule has 1 aliphatic rings. The lowest BCUT2D eigenvalue weighted by molar-refractivity contribution is -0.384. The van der Waals surface area contributed by atoms with Crippen molar-refractivity contribution in [3.63, 3.8) is 0 Å². The molecule has 10 heteroatoms. The van der Waals surface area contributed by atoms with Crippen LogP contribution >= 0.6 is 35.6 Å². The van der Waals surface area contributed by atoms with Gasteiger partial charge >= 0.3 is 5.97 Å². The number of carboxylic acids is 1. The van der Waals surface area contributed by atoms with E-state index in [9.17, 15) is 24.8 Å². The molecule has 1 aromatic rings. The van der Waals surface area contributed by atoms with E-state index in [-0.39, 0.29) is 25.9 Å². The van der Waals surface area contributed by atoms with Gasteiger partial charge in [-0.25, -0.2) is 4.79 Å². The highest BCUT2D eigenvalue weighted by Crippen LogP contribution is 2.35. The fourth-order valence-corrected chi connectivity index (χ4v) is 4.05. The minimum absolute atomic E-state index is 0.0439. The number of amides is 1. The van der Waals surface area contributed by atoms with E-state index in [1.54, 1.807) is 13.8 Å². The molecule has 0 spiro atoms. The first-order chi connectivity index (χ1) is 12.6. The molecule has 1 atom stereocenters. The van der Waals surface area contributed by atoms with Gasteiger partial charge in [-0.15, -0.1) is 0 Å². The fourth-order valence-electron chi connectivity index (χ4n) is 2.43. The predicted molar refractivity (Wildman–Crippen MR) is 108 cm³/mol. The number of thioether (sulfide) groups is 1. The summed E-state index contributed by atoms with van der Waals surface area (Å²) in [5.41, 5.74) is 0.570. The lowest BCUT2D eigenvalue weighted by atomic mass is 10.0. The van der Waals surface area contributed by atoms with E-state index < -0.39 is 22.8 Å². The highest BCUT2D eigenvalue weighted by molar-refractivity contribution is 8.26. The van der Waals surface area contributed by atoms with Gasteiger partial charge in [0.05, 0.1) is 9.83 Å². The average Bonchev–Trinajstić information content (AvgIpc) is 2.82. The maximum atomic E-state index is 12.6. The molecule has 1 saturated heterocycles. The van der Waals surface area contributed by atoms with Crippen molar-refractivity contribution in [1.82, 2.24) is 4.90 Å². The molecule has 0 radical (unpaired) electrons. The predicted octanol–water partition coefficient (Wildman–Crippen LogP) is 4.03. The number of thiocarbonyl (C=S) groups is 1. The maximum Gasteiger partial charge on any atom is 0.327 e. The van der Waals surface area contributed by atoms with Crippen LogP contribution in [0.5, 0.6) is 0 Å². The minimum atomic E-state index is -1.13. The Morgan fingerprint density at radius 2 is 1.96 bits per heavy atom. The van der Waals surface area contributed by atoms with E-state index in [1.165, 1.54) is 36.4 Å². The lowest BCUT2D eigenvalue weighted by Crippen LogP contribution is -2.47. The van der Waals surface area contributed by atoms with Crippen LogP contribution in [-0.4, -0.2) is 37.2 Å². The fraction of sp³-hybridized carbons (Fsp3) is 0.235. The summed E-state index contributed by atoms with van der Waals surface area (Å²) in [4.78, 5) is 35.6. The van der Waals surface area contributed by atoms with Crippen LogP contribution < -0.4 is 0 Å². The summed E-state index contributed by atoms with van der Waals surface area (Å²) in [5, 5.41) is 20.3. The second-order valence-corrected chi connectivity index (χ2v) is 8.07. The smallest absolute Gasteiger partial charge is 0.327 e. The number of carbonyl (C=O) groups excluding carboxylic acids is 1. The molecular weight excluding hydrogens is 412 g/mol. The second kappa shape index (κ2) is 8.64. The molecule has 27 heavy (non-hydrogen) atoms. The molecular formula is C17H15ClN2O5S2. The maximum absolute atomic E-state index is 12.6. The number of hydrogen-bond donors (Lipinski definition) is 1. The van der Waals surface area contributed by atoms with Gasteiger partial charge in [-0.3, -0.25) is 19.8 Å². The molecule has 1 aromatic carbocycles. The van der Waals surface area contributed by atoms with Crippen molar-refractivity contribution >= 4 is 63.5 Å². The van der Waals surface area contributed by atoms with Crippen LogP contribution in [0.25, 0.3) is 6.08 Å². The number of nitro benzene ring substituents is 1. The van der Waals surface area contributed by atoms with Gasteiger partial charge in [-0.05, 0) is 35.8 Å². The number of non-ortho nitro benzene ring substituents is 1. The summed E-state index contributed by atoms with van der Waals surface area (Å²) in [6.45, 7) is 3.39. The Morgan fingerprint density at radius 1 is 1.37 bits per heavy atom. The Hall–Kier alpha value is -2.23. The normalized spacial score (nSPS) is 17.7. The topological polar surface area (TPSA) is 101 Å². The van der Waals surface area contributed by atoms with E-state index in [0.717, 1.165) is 16.7 Å². The Morgan fingerprint density at radius 3 is 2.44 bits per heavy atom. The van der Waals surface area contributed by atoms with E-state index in [1.807, 2.05) is 0 Å². The molecule has 0 saturated carbocycles. The molecule has 1 heterocycles. The highest BCUT2D eigenvalue weighted by Gasteiger charge is 2.41. The molecule has 1 fully saturated rings. The number of halogens is 1. The zero-order valence-corrected chi connectivity index (χ0v) is 16.7. The summed E-state index contributed by atoms with van der Waals surface area (Å²) in [6, 6.07) is 4.68. The third-order valence-electron chi connectivity index (χ3n) is 3.66. The van der Waals surface area contributed by atoms with Crippen molar-refractivity contribution < 1.29 is 19.6 Å². The number of rotatable bonds is 6. The minimum Gasteiger partial charge on any atom is -0.480 e. The first kappa shape index (κ1) is 21.1. The third-order valence-corrected chi connectivity index (χ3v) is 5.21. The van der Waals surface area contributed by atoms with Crippen LogP contribution in [0.15, 0.2) is 40.3 Å². The number of nitrogens with zero attached hydrogens (tertiary/aromatic N) is 2. The van der Waals surface area contributed by atoms with Gasteiger partial charge in [0.15, 0.2) is 0 Å². The lowest BCUT2D eigenvalue weighted by Gasteiger charge is -2.26. The van der Waals surface area contributed by atoms with E-state index in [4.69, 9.17) is 23.8 Å². The standard InChI is InChI=1S/C17H15ClN2O5S2/c1-9(2)14(16(22)23)19-15(21)13(27-17(19)26)8-11(18)7-10-3-5-12(6-4-10)20(24)25/h3-9,14H,1-2H3,(H,22,23)/b11-7+,13-8-/t14-/m0/s1. The molecule has 0 bridgehead atoms. The number of allylic oxidation sites excluding steroid dienone is 2. The average molecular weight is 427 g/mol. The van der Waals surface area contributed by atoms with Crippen LogP contribution in [0.1, 0.15) is 19.4 Å². The summed E-state index contributed by atoms with van der Waals surface area (Å²) in [7, 11) is 0. The number of benzene rings is 1. The number of carboxylic acid groups (broad SMARTS) is 1. The van der Waals surface area contributed by atoms with Crippen molar-refractivity contribution in [2.45, 2.75) is 19.9 Å². The molecule has 1 amide bonds. The molecule has 142 valence electrons. The molecule has 1 aliphatic heterocycles. The monoisotopic (exact) mass is 426 g/mol. The quantitative estimate of drug-likeness (QED) is 0.317. The summed E-state index contributed by atoms with van der Waals surface area (Å²) in [5.74, 6) is -1.97. The zero-order chi connectivity index (χ0) is 20.3. The van der Waals surface area contributed by atoms with Crippen molar-refractivity contribution in [3.8, 4) is 0 Å². The number of aliphatic carboxylic acids is 1. The Labute approximate surface area is 169 Å². The Balaban J connectivity index is 2.25. The highest BCUT2D eigenvalue weighted by atomic mass is 35.5. The van der Waals surface area contributed by atoms with Crippen molar-refractivity contribution in [2.75, 3.05) is 0 Å². The van der Waals surface area contributed by atoms with Crippen molar-refractivity contribution in [3.05, 3.63) is 56.0 Å². The van der Waals surface area contributed by atoms with Gasteiger partial charge in [-0.1, -0.05) is 49.4 Å². The first-order valence-corrected chi connectivity index (χ1v) is 9.33. The van der Waals surface area contributed by atoms with Gasteiger partial charge in [0.2, 0.25) is 0 Å². The van der Waals surface area contributed by atoms with Crippen LogP contribution in [-0.2, 0) is 9.59 Å². The molecule has 0 unspecified atom stereocenters. The van der Waals surface area contributed by atoms with Crippen LogP contribution in [0.2, 0.25) is 0 Å². The van der Waals surface area contributed by atoms with E-state index in [0.29, 0.717) is 5.56 Å². The molecule has 1 N–H and O–H groups in total. The number of nitro groups is 1. The van der Waals surface area contributed by atoms with Gasteiger partial charge in [0.1, 0.15) is 10.4 Å². The van der Waals surface area contributed by atoms with Crippen molar-refractivity contribution in [2.24, 2.45) is 5.92 Å². The molecule has 7 nitrogen and oxygen atoms in total. The zero-order valence-electron chi connectivity index (χ0n) is 14.3. The molecule has 2 rings (SSSR count). The van der Waals surface area contributed by atoms with Gasteiger partial charge < -0.3 is 5.11 Å². The first-order valence-electron chi connectivity index (χ1n) is 7.73. The SMILES string of the molecule is CC(C)[C@@H](C(=O)O)N1C(=O)/C(=C/C(Cl)=C\c2ccc([N+](=O)[O-])cc2)SC1=S. The number of hydrogen-bond acceptors (Lipinski definition) is 6. The number of carbonyl (C=O) groups is 2. The van der Waals surface area contributed by atoms with Crippen molar-refractivity contribution in [1.29, 1.82) is 0 Å². The largest absolute Gasteiger partial charge is 0.480 e. The summed E-state index contributed by atoms with van der Waals surface area (Å²) < 4.78 is 0.159. The van der Waals surface area contributed by atoms with Crippen LogP contribution in [0.3, 0.4) is 0 Å². The van der Waals surface area contributed by atoms with Gasteiger partial charge in [0.25, 0.3) is 11.6 Å². The Bertz CT molecular complexity index is 865. The summed E-state index contributed by atoms with van der Waals surface area (Å²) >= 11 is 12.3. The van der Waals surface area contributed by atoms with E-state index >= 15 is 0 Å². The van der Waals surface area contributed by atoms with Gasteiger partial charge in [-0.2, -0.15) is 0 Å². The van der Waals surface area contributed by atoms with Gasteiger partial charge in [0, 0.05) is 17.2 Å². The Kier molecular flexibility index (Phi) is 6.74. The molecule has 0 aliphatic carbocycles. The van der Waals surface area contributed by atoms with E-state index in [2.05, 4.69) is 0 Å². The summed E-state index contributed by atoms with van der Waals surface area (Å²) in [6.07, 6.45) is 2.94. The van der Waals surface area contributed by atoms with Crippen LogP contribution in [0, 0.1) is 16.0 Å². The second-order valence-electron chi connectivity index (χ2n) is 5.96. The molecule has 0 aromatic heterocycles. The third kappa shape index (κ3) is 4.94.